The van der Waals surface area contributed by atoms with Gasteiger partial charge in [-0.3, -0.25) is 4.79 Å². The number of amides is 1. The number of likely N-dealkylation sites (tertiary alicyclic amines) is 1. The molecular weight excluding hydrogens is 432 g/mol. The smallest absolute Gasteiger partial charge is 0.410 e. The number of hydrogen-bond acceptors (Lipinski definition) is 5. The van der Waals surface area contributed by atoms with Crippen molar-refractivity contribution in [3.63, 3.8) is 0 Å². The van der Waals surface area contributed by atoms with Gasteiger partial charge in [0.2, 0.25) is 0 Å². The molecule has 1 atom stereocenters. The van der Waals surface area contributed by atoms with Crippen molar-refractivity contribution in [3.8, 4) is 11.5 Å². The second-order valence-corrected chi connectivity index (χ2v) is 9.76. The molecule has 0 aliphatic carbocycles. The van der Waals surface area contributed by atoms with Crippen LogP contribution in [-0.2, 0) is 11.3 Å². The normalized spacial score (nSPS) is 16.0. The van der Waals surface area contributed by atoms with E-state index in [0.29, 0.717) is 25.0 Å². The van der Waals surface area contributed by atoms with Crippen LogP contribution >= 0.6 is 0 Å². The summed E-state index contributed by atoms with van der Waals surface area (Å²) in [6, 6.07) is 13.4. The number of benzene rings is 2. The summed E-state index contributed by atoms with van der Waals surface area (Å²) < 4.78 is 18.6. The summed E-state index contributed by atoms with van der Waals surface area (Å²) >= 11 is 0. The minimum Gasteiger partial charge on any atom is -0.497 e. The van der Waals surface area contributed by atoms with Crippen LogP contribution in [0, 0.1) is 6.92 Å². The van der Waals surface area contributed by atoms with Gasteiger partial charge in [-0.15, -0.1) is 0 Å². The van der Waals surface area contributed by atoms with E-state index in [1.165, 1.54) is 0 Å². The largest absolute Gasteiger partial charge is 0.497 e. The minimum atomic E-state index is -0.523. The maximum absolute atomic E-state index is 13.1. The van der Waals surface area contributed by atoms with Gasteiger partial charge in [0.25, 0.3) is 5.56 Å². The van der Waals surface area contributed by atoms with Gasteiger partial charge in [-0.05, 0) is 74.5 Å². The lowest BCUT2D eigenvalue weighted by Gasteiger charge is -2.24. The van der Waals surface area contributed by atoms with Gasteiger partial charge >= 0.3 is 6.09 Å². The second-order valence-electron chi connectivity index (χ2n) is 9.76. The summed E-state index contributed by atoms with van der Waals surface area (Å²) in [5, 5.41) is 1.49. The first kappa shape index (κ1) is 23.7. The molecule has 1 saturated heterocycles. The van der Waals surface area contributed by atoms with Crippen molar-refractivity contribution >= 4 is 16.9 Å². The molecule has 0 N–H and O–H groups in total. The Kier molecular flexibility index (Phi) is 6.55. The number of carbonyl (C=O) groups excluding carboxylic acids is 1. The predicted molar refractivity (Wildman–Crippen MR) is 132 cm³/mol. The number of nitrogens with zero attached hydrogens (tertiary/aromatic N) is 2. The van der Waals surface area contributed by atoms with E-state index >= 15 is 0 Å². The number of fused-ring (bicyclic) bond motifs is 1. The molecule has 0 saturated carbocycles. The van der Waals surface area contributed by atoms with E-state index in [-0.39, 0.29) is 17.8 Å². The van der Waals surface area contributed by atoms with Crippen LogP contribution < -0.4 is 15.0 Å². The van der Waals surface area contributed by atoms with Crippen LogP contribution in [0.15, 0.2) is 53.5 Å². The van der Waals surface area contributed by atoms with Crippen LogP contribution in [0.3, 0.4) is 0 Å². The molecule has 4 rings (SSSR count). The first-order valence-electron chi connectivity index (χ1n) is 11.5. The van der Waals surface area contributed by atoms with Crippen LogP contribution in [0.4, 0.5) is 4.79 Å². The van der Waals surface area contributed by atoms with Crippen molar-refractivity contribution in [2.45, 2.75) is 52.4 Å². The fourth-order valence-electron chi connectivity index (χ4n) is 4.09. The van der Waals surface area contributed by atoms with Gasteiger partial charge in [-0.2, -0.15) is 0 Å². The average Bonchev–Trinajstić information content (AvgIpc) is 3.25. The second kappa shape index (κ2) is 9.41. The Labute approximate surface area is 199 Å². The van der Waals surface area contributed by atoms with Crippen LogP contribution in [0.2, 0.25) is 0 Å². The first-order valence-corrected chi connectivity index (χ1v) is 11.5. The van der Waals surface area contributed by atoms with E-state index in [4.69, 9.17) is 14.2 Å². The number of aryl methyl sites for hydroxylation is 1. The molecule has 7 nitrogen and oxygen atoms in total. The lowest BCUT2D eigenvalue weighted by molar-refractivity contribution is 0.0275. The van der Waals surface area contributed by atoms with Gasteiger partial charge in [0.05, 0.1) is 20.2 Å². The molecule has 1 fully saturated rings. The number of pyridine rings is 1. The van der Waals surface area contributed by atoms with Crippen molar-refractivity contribution < 1.29 is 19.0 Å². The van der Waals surface area contributed by atoms with Crippen LogP contribution in [0.1, 0.15) is 38.3 Å². The highest BCUT2D eigenvalue weighted by molar-refractivity contribution is 5.84. The van der Waals surface area contributed by atoms with E-state index in [1.54, 1.807) is 16.6 Å². The van der Waals surface area contributed by atoms with E-state index in [0.717, 1.165) is 34.4 Å². The molecule has 0 unspecified atom stereocenters. The van der Waals surface area contributed by atoms with Crippen LogP contribution in [0.5, 0.6) is 11.5 Å². The van der Waals surface area contributed by atoms with Gasteiger partial charge in [-0.1, -0.05) is 12.1 Å². The summed E-state index contributed by atoms with van der Waals surface area (Å²) in [6.45, 7) is 9.08. The molecule has 7 heteroatoms. The maximum Gasteiger partial charge on any atom is 0.410 e. The number of carbonyl (C=O) groups is 1. The summed E-state index contributed by atoms with van der Waals surface area (Å²) in [7, 11) is 1.63. The van der Waals surface area contributed by atoms with E-state index < -0.39 is 5.60 Å². The molecule has 2 heterocycles. The quantitative estimate of drug-likeness (QED) is 0.545. The maximum atomic E-state index is 13.1. The zero-order valence-corrected chi connectivity index (χ0v) is 20.5. The van der Waals surface area contributed by atoms with E-state index in [1.807, 2.05) is 76.4 Å². The van der Waals surface area contributed by atoms with Crippen LogP contribution in [0.25, 0.3) is 10.8 Å². The van der Waals surface area contributed by atoms with Crippen molar-refractivity contribution in [1.29, 1.82) is 0 Å². The summed E-state index contributed by atoms with van der Waals surface area (Å²) in [4.78, 5) is 27.2. The molecule has 3 aromatic rings. The Morgan fingerprint density at radius 1 is 1.12 bits per heavy atom. The fraction of sp³-hybridized carbons (Fsp3) is 0.407. The van der Waals surface area contributed by atoms with Gasteiger partial charge in [-0.25, -0.2) is 4.79 Å². The standard InChI is InChI=1S/C27H32N2O5/c1-18-14-23-20(10-12-28(25(23)30)16-19-6-8-21(32-5)9-7-19)15-24(18)33-22-11-13-29(17-22)26(31)34-27(2,3)4/h6-10,12,14-15,22H,11,13,16-17H2,1-5H3/t22-/m0/s1. The molecule has 0 spiro atoms. The van der Waals surface area contributed by atoms with Gasteiger partial charge in [0.1, 0.15) is 23.2 Å². The van der Waals surface area contributed by atoms with Gasteiger partial charge in [0, 0.05) is 24.5 Å². The zero-order valence-electron chi connectivity index (χ0n) is 20.5. The third-order valence-electron chi connectivity index (χ3n) is 5.87. The minimum absolute atomic E-state index is 0.0417. The fourth-order valence-corrected chi connectivity index (χ4v) is 4.09. The lowest BCUT2D eigenvalue weighted by Crippen LogP contribution is -2.36. The number of methoxy groups -OCH3 is 1. The molecule has 34 heavy (non-hydrogen) atoms. The topological polar surface area (TPSA) is 70.0 Å². The first-order chi connectivity index (χ1) is 16.1. The van der Waals surface area contributed by atoms with Crippen molar-refractivity contribution in [1.82, 2.24) is 9.47 Å². The molecule has 1 aliphatic rings. The van der Waals surface area contributed by atoms with Gasteiger partial charge < -0.3 is 23.7 Å². The summed E-state index contributed by atoms with van der Waals surface area (Å²) in [5.41, 5.74) is 1.35. The third-order valence-corrected chi connectivity index (χ3v) is 5.87. The Bertz CT molecular complexity index is 1240. The number of ether oxygens (including phenoxy) is 3. The highest BCUT2D eigenvalue weighted by atomic mass is 16.6. The molecule has 1 aliphatic heterocycles. The van der Waals surface area contributed by atoms with Gasteiger partial charge in [0.15, 0.2) is 0 Å². The molecule has 0 bridgehead atoms. The Morgan fingerprint density at radius 3 is 2.53 bits per heavy atom. The number of aromatic nitrogens is 1. The molecular formula is C27H32N2O5. The zero-order chi connectivity index (χ0) is 24.5. The number of rotatable bonds is 5. The molecule has 1 aromatic heterocycles. The van der Waals surface area contributed by atoms with Crippen molar-refractivity contribution in [2.75, 3.05) is 20.2 Å². The molecule has 1 amide bonds. The predicted octanol–water partition coefficient (Wildman–Crippen LogP) is 4.76. The highest BCUT2D eigenvalue weighted by Gasteiger charge is 2.31. The van der Waals surface area contributed by atoms with E-state index in [2.05, 4.69) is 0 Å². The van der Waals surface area contributed by atoms with Crippen molar-refractivity contribution in [2.24, 2.45) is 0 Å². The number of hydrogen-bond donors (Lipinski definition) is 0. The Hall–Kier alpha value is -3.48. The Morgan fingerprint density at radius 2 is 1.85 bits per heavy atom. The Balaban J connectivity index is 1.49. The monoisotopic (exact) mass is 464 g/mol. The van der Waals surface area contributed by atoms with Crippen LogP contribution in [-0.4, -0.2) is 47.5 Å². The average molecular weight is 465 g/mol. The summed E-state index contributed by atoms with van der Waals surface area (Å²) in [6.07, 6.45) is 2.12. The third kappa shape index (κ3) is 5.35. The SMILES string of the molecule is COc1ccc(Cn2ccc3cc(O[C@H]4CCN(C(=O)OC(C)(C)C)C4)c(C)cc3c2=O)cc1. The molecule has 0 radical (unpaired) electrons. The van der Waals surface area contributed by atoms with Crippen molar-refractivity contribution in [3.05, 3.63) is 70.1 Å². The molecule has 2 aromatic carbocycles. The molecule has 180 valence electrons. The van der Waals surface area contributed by atoms with E-state index in [9.17, 15) is 9.59 Å². The highest BCUT2D eigenvalue weighted by Crippen LogP contribution is 2.27. The summed E-state index contributed by atoms with van der Waals surface area (Å²) in [5.74, 6) is 1.52. The lowest BCUT2D eigenvalue weighted by atomic mass is 10.1.